The molecule has 6 nitrogen and oxygen atoms in total. The molecule has 0 saturated heterocycles. The van der Waals surface area contributed by atoms with Crippen LogP contribution in [0.1, 0.15) is 32.1 Å². The number of sulfone groups is 1. The Hall–Kier alpha value is -2.15. The van der Waals surface area contributed by atoms with Gasteiger partial charge in [0.1, 0.15) is 10.7 Å². The molecule has 0 bridgehead atoms. The Morgan fingerprint density at radius 3 is 2.42 bits per heavy atom. The van der Waals surface area contributed by atoms with Crippen molar-refractivity contribution in [2.75, 3.05) is 17.7 Å². The first-order valence-electron chi connectivity index (χ1n) is 8.15. The Morgan fingerprint density at radius 1 is 1.12 bits per heavy atom. The first kappa shape index (κ1) is 16.7. The van der Waals surface area contributed by atoms with E-state index in [1.165, 1.54) is 37.6 Å². The van der Waals surface area contributed by atoms with E-state index in [4.69, 9.17) is 5.73 Å². The van der Waals surface area contributed by atoms with Gasteiger partial charge in [0.15, 0.2) is 0 Å². The quantitative estimate of drug-likeness (QED) is 0.915. The van der Waals surface area contributed by atoms with Gasteiger partial charge >= 0.3 is 0 Å². The minimum Gasteiger partial charge on any atom is -0.382 e. The van der Waals surface area contributed by atoms with Gasteiger partial charge in [-0.3, -0.25) is 0 Å². The highest BCUT2D eigenvalue weighted by atomic mass is 32.2. The van der Waals surface area contributed by atoms with Gasteiger partial charge < -0.3 is 10.6 Å². The van der Waals surface area contributed by atoms with E-state index >= 15 is 0 Å². The summed E-state index contributed by atoms with van der Waals surface area (Å²) in [4.78, 5) is 10.7. The Morgan fingerprint density at radius 2 is 1.79 bits per heavy atom. The largest absolute Gasteiger partial charge is 0.382 e. The van der Waals surface area contributed by atoms with Crippen molar-refractivity contribution in [1.82, 2.24) is 9.97 Å². The van der Waals surface area contributed by atoms with Crippen molar-refractivity contribution in [2.45, 2.75) is 47.9 Å². The van der Waals surface area contributed by atoms with Gasteiger partial charge in [-0.1, -0.05) is 37.5 Å². The molecule has 0 spiro atoms. The summed E-state index contributed by atoms with van der Waals surface area (Å²) in [5.41, 5.74) is 5.96. The van der Waals surface area contributed by atoms with E-state index in [9.17, 15) is 8.42 Å². The molecule has 3 rings (SSSR count). The summed E-state index contributed by atoms with van der Waals surface area (Å²) in [6.45, 7) is 0. The average molecular weight is 346 g/mol. The smallest absolute Gasteiger partial charge is 0.227 e. The molecule has 7 heteroatoms. The third-order valence-electron chi connectivity index (χ3n) is 4.55. The minimum absolute atomic E-state index is 0.00786. The zero-order valence-electron chi connectivity index (χ0n) is 13.7. The minimum atomic E-state index is -3.71. The molecular weight excluding hydrogens is 324 g/mol. The van der Waals surface area contributed by atoms with Crippen molar-refractivity contribution in [1.29, 1.82) is 0 Å². The number of rotatable bonds is 4. The first-order valence-corrected chi connectivity index (χ1v) is 9.64. The number of nitrogens with zero attached hydrogens (tertiary/aromatic N) is 3. The molecule has 1 aromatic heterocycles. The van der Waals surface area contributed by atoms with Crippen molar-refractivity contribution in [3.05, 3.63) is 36.5 Å². The summed E-state index contributed by atoms with van der Waals surface area (Å²) in [6.07, 6.45) is 7.19. The number of benzene rings is 1. The zero-order chi connectivity index (χ0) is 17.2. The molecule has 1 fully saturated rings. The molecule has 0 radical (unpaired) electrons. The Balaban J connectivity index is 1.90. The predicted molar refractivity (Wildman–Crippen MR) is 93.6 cm³/mol. The average Bonchev–Trinajstić information content (AvgIpc) is 2.62. The number of aromatic nitrogens is 2. The lowest BCUT2D eigenvalue weighted by atomic mass is 9.95. The maximum absolute atomic E-state index is 12.7. The van der Waals surface area contributed by atoms with Crippen molar-refractivity contribution >= 4 is 21.6 Å². The summed E-state index contributed by atoms with van der Waals surface area (Å²) in [7, 11) is -1.76. The maximum atomic E-state index is 12.7. The van der Waals surface area contributed by atoms with Gasteiger partial charge in [-0.2, -0.15) is 4.98 Å². The highest BCUT2D eigenvalue weighted by molar-refractivity contribution is 7.91. The van der Waals surface area contributed by atoms with E-state index in [-0.39, 0.29) is 15.6 Å². The van der Waals surface area contributed by atoms with Crippen LogP contribution in [0, 0.1) is 0 Å². The first-order chi connectivity index (χ1) is 11.5. The molecule has 24 heavy (non-hydrogen) atoms. The van der Waals surface area contributed by atoms with E-state index in [0.29, 0.717) is 12.0 Å². The SMILES string of the molecule is CN(c1ncc(S(=O)(=O)c2ccccc2)c(N)n1)C1CCCCC1. The van der Waals surface area contributed by atoms with Gasteiger partial charge in [0, 0.05) is 13.1 Å². The second kappa shape index (κ2) is 6.76. The molecule has 1 aliphatic carbocycles. The van der Waals surface area contributed by atoms with Crippen LogP contribution < -0.4 is 10.6 Å². The van der Waals surface area contributed by atoms with Crippen molar-refractivity contribution < 1.29 is 8.42 Å². The molecule has 1 heterocycles. The highest BCUT2D eigenvalue weighted by Gasteiger charge is 2.25. The molecule has 0 atom stereocenters. The van der Waals surface area contributed by atoms with Gasteiger partial charge in [0.25, 0.3) is 0 Å². The summed E-state index contributed by atoms with van der Waals surface area (Å²) >= 11 is 0. The molecule has 0 unspecified atom stereocenters. The van der Waals surface area contributed by atoms with Gasteiger partial charge in [-0.15, -0.1) is 0 Å². The van der Waals surface area contributed by atoms with Gasteiger partial charge in [0.05, 0.1) is 11.1 Å². The number of nitrogen functional groups attached to an aromatic ring is 1. The van der Waals surface area contributed by atoms with Crippen LogP contribution in [0.25, 0.3) is 0 Å². The molecule has 2 N–H and O–H groups in total. The number of anilines is 2. The summed E-state index contributed by atoms with van der Waals surface area (Å²) in [5.74, 6) is 0.470. The van der Waals surface area contributed by atoms with Crippen molar-refractivity contribution in [3.8, 4) is 0 Å². The fourth-order valence-corrected chi connectivity index (χ4v) is 4.39. The van der Waals surface area contributed by atoms with Crippen LogP contribution in [-0.4, -0.2) is 31.5 Å². The predicted octanol–water partition coefficient (Wildman–Crippen LogP) is 2.66. The highest BCUT2D eigenvalue weighted by Crippen LogP contribution is 2.28. The fourth-order valence-electron chi connectivity index (χ4n) is 3.11. The molecule has 1 aliphatic rings. The Bertz CT molecular complexity index is 803. The normalized spacial score (nSPS) is 16.0. The van der Waals surface area contributed by atoms with E-state index in [0.717, 1.165) is 12.8 Å². The van der Waals surface area contributed by atoms with Gasteiger partial charge in [-0.05, 0) is 25.0 Å². The Kier molecular flexibility index (Phi) is 4.71. The lowest BCUT2D eigenvalue weighted by molar-refractivity contribution is 0.424. The van der Waals surface area contributed by atoms with Crippen LogP contribution in [0.2, 0.25) is 0 Å². The van der Waals surface area contributed by atoms with Crippen LogP contribution in [0.15, 0.2) is 46.3 Å². The van der Waals surface area contributed by atoms with E-state index in [2.05, 4.69) is 9.97 Å². The van der Waals surface area contributed by atoms with E-state index < -0.39 is 9.84 Å². The molecule has 2 aromatic rings. The number of hydrogen-bond acceptors (Lipinski definition) is 6. The van der Waals surface area contributed by atoms with Crippen LogP contribution in [-0.2, 0) is 9.84 Å². The van der Waals surface area contributed by atoms with Crippen LogP contribution >= 0.6 is 0 Å². The molecule has 128 valence electrons. The van der Waals surface area contributed by atoms with Crippen molar-refractivity contribution in [3.63, 3.8) is 0 Å². The van der Waals surface area contributed by atoms with E-state index in [1.54, 1.807) is 18.2 Å². The third-order valence-corrected chi connectivity index (χ3v) is 6.34. The van der Waals surface area contributed by atoms with Crippen LogP contribution in [0.4, 0.5) is 11.8 Å². The lowest BCUT2D eigenvalue weighted by Gasteiger charge is -2.31. The van der Waals surface area contributed by atoms with Crippen LogP contribution in [0.3, 0.4) is 0 Å². The summed E-state index contributed by atoms with van der Waals surface area (Å²) < 4.78 is 25.3. The topological polar surface area (TPSA) is 89.2 Å². The molecule has 1 saturated carbocycles. The summed E-state index contributed by atoms with van der Waals surface area (Å²) in [6, 6.07) is 8.58. The van der Waals surface area contributed by atoms with Crippen LogP contribution in [0.5, 0.6) is 0 Å². The summed E-state index contributed by atoms with van der Waals surface area (Å²) in [5, 5.41) is 0. The standard InChI is InChI=1S/C17H22N4O2S/c1-21(13-8-4-2-5-9-13)17-19-12-15(16(18)20-17)24(22,23)14-10-6-3-7-11-14/h3,6-7,10-13H,2,4-5,8-9H2,1H3,(H2,18,19,20). The molecule has 0 amide bonds. The second-order valence-corrected chi connectivity index (χ2v) is 8.06. The lowest BCUT2D eigenvalue weighted by Crippen LogP contribution is -2.34. The van der Waals surface area contributed by atoms with Gasteiger partial charge in [-0.25, -0.2) is 13.4 Å². The number of nitrogens with two attached hydrogens (primary N) is 1. The maximum Gasteiger partial charge on any atom is 0.227 e. The monoisotopic (exact) mass is 346 g/mol. The molecule has 0 aliphatic heterocycles. The van der Waals surface area contributed by atoms with Crippen molar-refractivity contribution in [2.24, 2.45) is 0 Å². The third kappa shape index (κ3) is 3.21. The Labute approximate surface area is 142 Å². The molecule has 1 aromatic carbocycles. The van der Waals surface area contributed by atoms with E-state index in [1.807, 2.05) is 11.9 Å². The fraction of sp³-hybridized carbons (Fsp3) is 0.412. The van der Waals surface area contributed by atoms with Gasteiger partial charge in [0.2, 0.25) is 15.8 Å². The second-order valence-electron chi connectivity index (χ2n) is 6.14. The number of hydrogen-bond donors (Lipinski definition) is 1. The molecular formula is C17H22N4O2S. The zero-order valence-corrected chi connectivity index (χ0v) is 14.5.